The molecule has 0 amide bonds. The molecule has 3 atom stereocenters. The highest BCUT2D eigenvalue weighted by Crippen LogP contribution is 2.28. The second kappa shape index (κ2) is 5.61. The van der Waals surface area contributed by atoms with E-state index in [1.54, 1.807) is 0 Å². The average molecular weight is 264 g/mol. The highest BCUT2D eigenvalue weighted by atomic mass is 16.5. The summed E-state index contributed by atoms with van der Waals surface area (Å²) in [5, 5.41) is 3.39. The van der Waals surface area contributed by atoms with E-state index in [9.17, 15) is 0 Å². The van der Waals surface area contributed by atoms with Crippen molar-refractivity contribution in [3.8, 4) is 0 Å². The fourth-order valence-electron chi connectivity index (χ4n) is 3.39. The number of aromatic nitrogens is 2. The maximum absolute atomic E-state index is 6.11. The lowest BCUT2D eigenvalue weighted by Gasteiger charge is -2.38. The Balaban J connectivity index is 1.75. The van der Waals surface area contributed by atoms with Crippen LogP contribution in [-0.2, 0) is 11.3 Å². The summed E-state index contributed by atoms with van der Waals surface area (Å²) in [6.07, 6.45) is 6.73. The Hall–Kier alpha value is -0.910. The van der Waals surface area contributed by atoms with Crippen LogP contribution in [0.2, 0.25) is 0 Å². The second-order valence-electron chi connectivity index (χ2n) is 5.50. The third-order valence-electron chi connectivity index (χ3n) is 4.47. The van der Waals surface area contributed by atoms with Crippen molar-refractivity contribution < 1.29 is 4.74 Å². The first kappa shape index (κ1) is 13.1. The molecule has 2 aliphatic rings. The minimum Gasteiger partial charge on any atom is -0.373 e. The molecule has 0 radical (unpaired) electrons. The van der Waals surface area contributed by atoms with Gasteiger partial charge in [0.25, 0.3) is 0 Å². The van der Waals surface area contributed by atoms with Crippen LogP contribution in [-0.4, -0.2) is 53.3 Å². The fraction of sp³-hybridized carbons (Fsp3) is 0.786. The zero-order chi connectivity index (χ0) is 13.2. The van der Waals surface area contributed by atoms with Gasteiger partial charge >= 0.3 is 0 Å². The van der Waals surface area contributed by atoms with Crippen LogP contribution < -0.4 is 5.32 Å². The molecule has 0 spiro atoms. The molecule has 0 saturated carbocycles. The number of nitrogens with one attached hydrogen (secondary N) is 1. The molecule has 2 saturated heterocycles. The maximum Gasteiger partial charge on any atom is 0.128 e. The first-order valence-electron chi connectivity index (χ1n) is 7.37. The first-order chi connectivity index (χ1) is 9.33. The van der Waals surface area contributed by atoms with Crippen molar-refractivity contribution in [2.75, 3.05) is 26.7 Å². The summed E-state index contributed by atoms with van der Waals surface area (Å²) in [7, 11) is 2.00. The number of hydrogen-bond donors (Lipinski definition) is 1. The van der Waals surface area contributed by atoms with E-state index in [0.717, 1.165) is 25.5 Å². The minimum atomic E-state index is 0.177. The van der Waals surface area contributed by atoms with Gasteiger partial charge in [0.2, 0.25) is 0 Å². The van der Waals surface area contributed by atoms with Crippen LogP contribution in [0, 0.1) is 0 Å². The van der Waals surface area contributed by atoms with E-state index in [2.05, 4.69) is 26.7 Å². The summed E-state index contributed by atoms with van der Waals surface area (Å²) in [6, 6.07) is 0.830. The molecular formula is C14H24N4O. The minimum absolute atomic E-state index is 0.177. The molecule has 5 heteroatoms. The smallest absolute Gasteiger partial charge is 0.128 e. The summed E-state index contributed by atoms with van der Waals surface area (Å²) in [6.45, 7) is 6.22. The molecule has 1 aromatic rings. The third kappa shape index (κ3) is 2.42. The van der Waals surface area contributed by atoms with Crippen LogP contribution in [0.5, 0.6) is 0 Å². The van der Waals surface area contributed by atoms with E-state index in [4.69, 9.17) is 4.74 Å². The highest BCUT2D eigenvalue weighted by molar-refractivity contribution is 5.04. The largest absolute Gasteiger partial charge is 0.373 e. The summed E-state index contributed by atoms with van der Waals surface area (Å²) in [5.74, 6) is 1.09. The number of ether oxygens (including phenoxy) is 1. The molecular weight excluding hydrogens is 240 g/mol. The van der Waals surface area contributed by atoms with Crippen molar-refractivity contribution in [1.82, 2.24) is 19.8 Å². The average Bonchev–Trinajstić information content (AvgIpc) is 3.07. The van der Waals surface area contributed by atoms with E-state index in [1.165, 1.54) is 19.4 Å². The Labute approximate surface area is 114 Å². The van der Waals surface area contributed by atoms with Gasteiger partial charge in [0.1, 0.15) is 5.82 Å². The van der Waals surface area contributed by atoms with E-state index >= 15 is 0 Å². The number of nitrogens with zero attached hydrogens (tertiary/aromatic N) is 3. The van der Waals surface area contributed by atoms with Crippen LogP contribution in [0.1, 0.15) is 31.6 Å². The number of fused-ring (bicyclic) bond motifs is 1. The zero-order valence-electron chi connectivity index (χ0n) is 11.9. The Morgan fingerprint density at radius 3 is 3.26 bits per heavy atom. The third-order valence-corrected chi connectivity index (χ3v) is 4.47. The second-order valence-corrected chi connectivity index (χ2v) is 5.50. The van der Waals surface area contributed by atoms with E-state index in [1.807, 2.05) is 19.4 Å². The summed E-state index contributed by atoms with van der Waals surface area (Å²) < 4.78 is 8.31. The van der Waals surface area contributed by atoms with Gasteiger partial charge in [0.05, 0.1) is 18.8 Å². The van der Waals surface area contributed by atoms with Gasteiger partial charge in [-0.3, -0.25) is 4.90 Å². The SMILES string of the molecule is CCn1ccnc1C(NC)C1CN2CCCC2CO1. The lowest BCUT2D eigenvalue weighted by atomic mass is 10.1. The molecule has 106 valence electrons. The topological polar surface area (TPSA) is 42.3 Å². The number of aryl methyl sites for hydroxylation is 1. The predicted octanol–water partition coefficient (Wildman–Crippen LogP) is 1.03. The number of likely N-dealkylation sites (N-methyl/N-ethyl adjacent to an activating group) is 1. The Morgan fingerprint density at radius 1 is 1.58 bits per heavy atom. The van der Waals surface area contributed by atoms with E-state index in [-0.39, 0.29) is 12.1 Å². The Bertz CT molecular complexity index is 419. The van der Waals surface area contributed by atoms with E-state index < -0.39 is 0 Å². The Kier molecular flexibility index (Phi) is 3.86. The van der Waals surface area contributed by atoms with Gasteiger partial charge < -0.3 is 14.6 Å². The monoisotopic (exact) mass is 264 g/mol. The van der Waals surface area contributed by atoms with E-state index in [0.29, 0.717) is 6.04 Å². The van der Waals surface area contributed by atoms with Crippen LogP contribution in [0.3, 0.4) is 0 Å². The number of hydrogen-bond acceptors (Lipinski definition) is 4. The van der Waals surface area contributed by atoms with Gasteiger partial charge in [0.15, 0.2) is 0 Å². The van der Waals surface area contributed by atoms with Gasteiger partial charge in [-0.1, -0.05) is 0 Å². The maximum atomic E-state index is 6.11. The molecule has 1 N–H and O–H groups in total. The van der Waals surface area contributed by atoms with Gasteiger partial charge in [-0.25, -0.2) is 4.98 Å². The summed E-state index contributed by atoms with van der Waals surface area (Å²) >= 11 is 0. The number of rotatable bonds is 4. The number of morpholine rings is 1. The summed E-state index contributed by atoms with van der Waals surface area (Å²) in [4.78, 5) is 7.10. The van der Waals surface area contributed by atoms with Crippen LogP contribution in [0.25, 0.3) is 0 Å². The summed E-state index contributed by atoms with van der Waals surface area (Å²) in [5.41, 5.74) is 0. The molecule has 3 heterocycles. The normalized spacial score (nSPS) is 29.4. The van der Waals surface area contributed by atoms with Gasteiger partial charge in [-0.2, -0.15) is 0 Å². The van der Waals surface area contributed by atoms with Crippen molar-refractivity contribution in [3.05, 3.63) is 18.2 Å². The van der Waals surface area contributed by atoms with Crippen LogP contribution in [0.15, 0.2) is 12.4 Å². The zero-order valence-corrected chi connectivity index (χ0v) is 11.9. The molecule has 0 aliphatic carbocycles. The Morgan fingerprint density at radius 2 is 2.47 bits per heavy atom. The molecule has 19 heavy (non-hydrogen) atoms. The predicted molar refractivity (Wildman–Crippen MR) is 74.0 cm³/mol. The molecule has 3 unspecified atom stereocenters. The standard InChI is InChI=1S/C14H24N4O/c1-3-17-8-6-16-14(17)13(15-2)12-9-18-7-4-5-11(18)10-19-12/h6,8,11-13,15H,3-5,7,9-10H2,1-2H3. The molecule has 2 fully saturated rings. The lowest BCUT2D eigenvalue weighted by Crippen LogP contribution is -2.50. The van der Waals surface area contributed by atoms with Gasteiger partial charge in [-0.15, -0.1) is 0 Å². The van der Waals surface area contributed by atoms with Crippen molar-refractivity contribution >= 4 is 0 Å². The van der Waals surface area contributed by atoms with Crippen molar-refractivity contribution in [3.63, 3.8) is 0 Å². The quantitative estimate of drug-likeness (QED) is 0.882. The highest BCUT2D eigenvalue weighted by Gasteiger charge is 2.37. The van der Waals surface area contributed by atoms with Crippen LogP contribution in [0.4, 0.5) is 0 Å². The van der Waals surface area contributed by atoms with Gasteiger partial charge in [-0.05, 0) is 33.4 Å². The van der Waals surface area contributed by atoms with Crippen LogP contribution >= 0.6 is 0 Å². The van der Waals surface area contributed by atoms with Gasteiger partial charge in [0, 0.05) is 31.5 Å². The van der Waals surface area contributed by atoms with Crippen molar-refractivity contribution in [1.29, 1.82) is 0 Å². The molecule has 0 bridgehead atoms. The number of imidazole rings is 1. The van der Waals surface area contributed by atoms with Crippen molar-refractivity contribution in [2.45, 2.75) is 44.5 Å². The molecule has 1 aromatic heterocycles. The molecule has 5 nitrogen and oxygen atoms in total. The molecule has 3 rings (SSSR count). The first-order valence-corrected chi connectivity index (χ1v) is 7.37. The molecule has 2 aliphatic heterocycles. The lowest BCUT2D eigenvalue weighted by molar-refractivity contribution is -0.0659. The van der Waals surface area contributed by atoms with Crippen molar-refractivity contribution in [2.24, 2.45) is 0 Å². The molecule has 0 aromatic carbocycles. The fourth-order valence-corrected chi connectivity index (χ4v) is 3.39.